The third-order valence-electron chi connectivity index (χ3n) is 2.57. The molecule has 0 spiro atoms. The first-order chi connectivity index (χ1) is 6.65. The zero-order valence-corrected chi connectivity index (χ0v) is 7.64. The van der Waals surface area contributed by atoms with Crippen molar-refractivity contribution in [1.29, 1.82) is 0 Å². The topological polar surface area (TPSA) is 80.7 Å². The van der Waals surface area contributed by atoms with Crippen LogP contribution >= 0.6 is 0 Å². The summed E-state index contributed by atoms with van der Waals surface area (Å²) < 4.78 is 4.21. The van der Waals surface area contributed by atoms with Crippen molar-refractivity contribution in [3.63, 3.8) is 0 Å². The lowest BCUT2D eigenvalue weighted by Crippen LogP contribution is -2.26. The van der Waals surface area contributed by atoms with Gasteiger partial charge in [-0.15, -0.1) is 0 Å². The molecular formula is C9H12O5. The molecule has 0 aromatic heterocycles. The van der Waals surface area contributed by atoms with Crippen LogP contribution in [0.3, 0.4) is 0 Å². The highest BCUT2D eigenvalue weighted by molar-refractivity contribution is 5.79. The van der Waals surface area contributed by atoms with Crippen LogP contribution in [0.25, 0.3) is 0 Å². The molecule has 1 aliphatic carbocycles. The van der Waals surface area contributed by atoms with E-state index >= 15 is 0 Å². The van der Waals surface area contributed by atoms with E-state index in [0.717, 1.165) is 0 Å². The molecule has 5 heteroatoms. The Morgan fingerprint density at radius 3 is 2.07 bits per heavy atom. The van der Waals surface area contributed by atoms with Gasteiger partial charge in [-0.2, -0.15) is 0 Å². The second-order valence-corrected chi connectivity index (χ2v) is 3.42. The van der Waals surface area contributed by atoms with Gasteiger partial charge in [0.15, 0.2) is 0 Å². The predicted molar refractivity (Wildman–Crippen MR) is 45.2 cm³/mol. The molecule has 1 rings (SSSR count). The number of hydrogen-bond donors (Lipinski definition) is 1. The molecule has 1 saturated carbocycles. The van der Waals surface area contributed by atoms with E-state index in [1.165, 1.54) is 0 Å². The summed E-state index contributed by atoms with van der Waals surface area (Å²) in [6.45, 7) is 0.117. The minimum Gasteiger partial charge on any atom is -0.481 e. The molecule has 0 heterocycles. The highest BCUT2D eigenvalue weighted by Crippen LogP contribution is 2.29. The molecule has 1 N–H and O–H groups in total. The van der Waals surface area contributed by atoms with Gasteiger partial charge in [0.25, 0.3) is 0 Å². The zero-order valence-electron chi connectivity index (χ0n) is 7.64. The Hall–Kier alpha value is -1.39. The van der Waals surface area contributed by atoms with Gasteiger partial charge in [-0.3, -0.25) is 14.4 Å². The second-order valence-electron chi connectivity index (χ2n) is 3.42. The van der Waals surface area contributed by atoms with Gasteiger partial charge in [-0.05, 0) is 25.7 Å². The van der Waals surface area contributed by atoms with E-state index in [1.54, 1.807) is 0 Å². The van der Waals surface area contributed by atoms with Crippen molar-refractivity contribution in [2.45, 2.75) is 25.7 Å². The zero-order chi connectivity index (χ0) is 10.6. The molecule has 0 aliphatic heterocycles. The minimum absolute atomic E-state index is 0.117. The molecule has 1 fully saturated rings. The first kappa shape index (κ1) is 10.7. The fourth-order valence-corrected chi connectivity index (χ4v) is 1.72. The van der Waals surface area contributed by atoms with Crippen LogP contribution in [0.1, 0.15) is 25.7 Å². The molecule has 0 amide bonds. The number of rotatable bonds is 3. The van der Waals surface area contributed by atoms with Crippen molar-refractivity contribution in [3.05, 3.63) is 0 Å². The number of esters is 1. The lowest BCUT2D eigenvalue weighted by Gasteiger charge is -2.23. The first-order valence-corrected chi connectivity index (χ1v) is 4.52. The number of aliphatic carboxylic acids is 1. The molecule has 0 atom stereocenters. The largest absolute Gasteiger partial charge is 0.481 e. The summed E-state index contributed by atoms with van der Waals surface area (Å²) in [5.74, 6) is -2.01. The minimum atomic E-state index is -0.813. The van der Waals surface area contributed by atoms with Crippen LogP contribution in [0.5, 0.6) is 0 Å². The Kier molecular flexibility index (Phi) is 3.62. The Bertz CT molecular complexity index is 240. The van der Waals surface area contributed by atoms with Gasteiger partial charge in [-0.25, -0.2) is 0 Å². The van der Waals surface area contributed by atoms with Crippen LogP contribution in [-0.2, 0) is 19.1 Å². The van der Waals surface area contributed by atoms with Crippen LogP contribution in [0.2, 0.25) is 0 Å². The number of carbonyl (C=O) groups is 3. The van der Waals surface area contributed by atoms with Crippen LogP contribution in [0, 0.1) is 11.8 Å². The Balaban J connectivity index is 2.38. The Labute approximate surface area is 81.0 Å². The summed E-state index contributed by atoms with van der Waals surface area (Å²) in [4.78, 5) is 31.6. The molecule has 0 bridgehead atoms. The van der Waals surface area contributed by atoms with Gasteiger partial charge in [0, 0.05) is 0 Å². The van der Waals surface area contributed by atoms with Crippen molar-refractivity contribution < 1.29 is 24.2 Å². The van der Waals surface area contributed by atoms with Gasteiger partial charge in [0.1, 0.15) is 0 Å². The maximum atomic E-state index is 11.1. The fraction of sp³-hybridized carbons (Fsp3) is 0.667. The van der Waals surface area contributed by atoms with Crippen molar-refractivity contribution >= 4 is 18.4 Å². The molecule has 0 radical (unpaired) electrons. The van der Waals surface area contributed by atoms with Crippen LogP contribution in [-0.4, -0.2) is 23.5 Å². The predicted octanol–water partition coefficient (Wildman–Crippen LogP) is 0.577. The molecule has 78 valence electrons. The van der Waals surface area contributed by atoms with Crippen molar-refractivity contribution in [2.24, 2.45) is 11.8 Å². The van der Waals surface area contributed by atoms with Crippen LogP contribution in [0.15, 0.2) is 0 Å². The number of ether oxygens (including phenoxy) is 1. The molecular weight excluding hydrogens is 188 g/mol. The quantitative estimate of drug-likeness (QED) is 0.409. The van der Waals surface area contributed by atoms with E-state index < -0.39 is 11.9 Å². The van der Waals surface area contributed by atoms with Gasteiger partial charge < -0.3 is 9.84 Å². The lowest BCUT2D eigenvalue weighted by molar-refractivity contribution is -0.157. The van der Waals surface area contributed by atoms with Crippen LogP contribution < -0.4 is 0 Å². The average Bonchev–Trinajstić information content (AvgIpc) is 2.18. The van der Waals surface area contributed by atoms with E-state index in [1.807, 2.05) is 0 Å². The van der Waals surface area contributed by atoms with Crippen molar-refractivity contribution in [3.8, 4) is 0 Å². The Morgan fingerprint density at radius 1 is 1.14 bits per heavy atom. The third kappa shape index (κ3) is 2.55. The molecule has 0 aromatic rings. The smallest absolute Gasteiger partial charge is 0.316 e. The molecule has 1 aliphatic rings. The normalized spacial score (nSPS) is 26.6. The monoisotopic (exact) mass is 200 g/mol. The first-order valence-electron chi connectivity index (χ1n) is 4.52. The summed E-state index contributed by atoms with van der Waals surface area (Å²) in [7, 11) is 0. The van der Waals surface area contributed by atoms with E-state index in [-0.39, 0.29) is 18.3 Å². The third-order valence-corrected chi connectivity index (χ3v) is 2.57. The van der Waals surface area contributed by atoms with Crippen molar-refractivity contribution in [1.82, 2.24) is 0 Å². The van der Waals surface area contributed by atoms with Gasteiger partial charge in [-0.1, -0.05) is 0 Å². The fourth-order valence-electron chi connectivity index (χ4n) is 1.72. The molecule has 0 unspecified atom stereocenters. The highest BCUT2D eigenvalue weighted by Gasteiger charge is 2.30. The number of hydrogen-bond acceptors (Lipinski definition) is 4. The van der Waals surface area contributed by atoms with Gasteiger partial charge >= 0.3 is 18.4 Å². The van der Waals surface area contributed by atoms with Gasteiger partial charge in [0.2, 0.25) is 0 Å². The number of carbonyl (C=O) groups excluding carboxylic acids is 2. The summed E-state index contributed by atoms with van der Waals surface area (Å²) >= 11 is 0. The SMILES string of the molecule is O=COC(=O)C1CCC(C(=O)O)CC1. The summed E-state index contributed by atoms with van der Waals surface area (Å²) in [6.07, 6.45) is 1.94. The molecule has 14 heavy (non-hydrogen) atoms. The van der Waals surface area contributed by atoms with E-state index in [4.69, 9.17) is 5.11 Å². The maximum Gasteiger partial charge on any atom is 0.316 e. The van der Waals surface area contributed by atoms with Crippen molar-refractivity contribution in [2.75, 3.05) is 0 Å². The van der Waals surface area contributed by atoms with Crippen LogP contribution in [0.4, 0.5) is 0 Å². The van der Waals surface area contributed by atoms with E-state index in [0.29, 0.717) is 25.7 Å². The number of carboxylic acid groups (broad SMARTS) is 1. The number of carboxylic acids is 1. The summed E-state index contributed by atoms with van der Waals surface area (Å²) in [5, 5.41) is 8.69. The summed E-state index contributed by atoms with van der Waals surface area (Å²) in [6, 6.07) is 0. The van der Waals surface area contributed by atoms with E-state index in [9.17, 15) is 14.4 Å². The van der Waals surface area contributed by atoms with E-state index in [2.05, 4.69) is 4.74 Å². The second kappa shape index (κ2) is 4.74. The summed E-state index contributed by atoms with van der Waals surface area (Å²) in [5.41, 5.74) is 0. The Morgan fingerprint density at radius 2 is 1.64 bits per heavy atom. The molecule has 0 saturated heterocycles. The average molecular weight is 200 g/mol. The maximum absolute atomic E-state index is 11.1. The standard InChI is InChI=1S/C9H12O5/c10-5-14-9(13)7-3-1-6(2-4-7)8(11)12/h5-7H,1-4H2,(H,11,12). The highest BCUT2D eigenvalue weighted by atomic mass is 16.6. The van der Waals surface area contributed by atoms with Gasteiger partial charge in [0.05, 0.1) is 11.8 Å². The molecule has 0 aromatic carbocycles. The molecule has 5 nitrogen and oxygen atoms in total. The lowest BCUT2D eigenvalue weighted by atomic mass is 9.82.